The molecule has 0 fully saturated rings. The summed E-state index contributed by atoms with van der Waals surface area (Å²) in [6, 6.07) is 8.40. The van der Waals surface area contributed by atoms with Gasteiger partial charge in [-0.15, -0.1) is 0 Å². The molecular formula is C41H38ClF10N9O15S. The zero-order chi connectivity index (χ0) is 60.6. The molecular weight excluding hydrogens is 1120 g/mol. The third-order valence-electron chi connectivity index (χ3n) is 7.44. The number of nitrogens with two attached hydrogens (primary N) is 2. The highest BCUT2D eigenvalue weighted by Crippen LogP contribution is 2.29. The van der Waals surface area contributed by atoms with Crippen molar-refractivity contribution < 1.29 is 101 Å². The van der Waals surface area contributed by atoms with Crippen molar-refractivity contribution in [1.82, 2.24) is 0 Å². The lowest BCUT2D eigenvalue weighted by atomic mass is 10.2. The summed E-state index contributed by atoms with van der Waals surface area (Å²) in [6.45, 7) is 4.46. The number of carboxylic acid groups (broad SMARTS) is 2. The summed E-state index contributed by atoms with van der Waals surface area (Å²) in [5.41, 5.74) is 3.30. The van der Waals surface area contributed by atoms with Crippen LogP contribution >= 0.6 is 10.7 Å². The molecule has 0 bridgehead atoms. The molecule has 0 spiro atoms. The zero-order valence-corrected chi connectivity index (χ0v) is 41.1. The number of aromatic carboxylic acids is 1. The fourth-order valence-corrected chi connectivity index (χ4v) is 4.45. The molecule has 0 atom stereocenters. The Balaban J connectivity index is 0. The number of benzene rings is 5. The van der Waals surface area contributed by atoms with Gasteiger partial charge in [0.1, 0.15) is 57.4 Å². The minimum absolute atomic E-state index is 0.134. The van der Waals surface area contributed by atoms with Crippen LogP contribution in [0.25, 0.3) is 0 Å². The van der Waals surface area contributed by atoms with Gasteiger partial charge in [-0.2, -0.15) is 13.2 Å². The van der Waals surface area contributed by atoms with E-state index in [2.05, 4.69) is 21.3 Å². The summed E-state index contributed by atoms with van der Waals surface area (Å²) >= 11 is 0. The van der Waals surface area contributed by atoms with E-state index in [1.165, 1.54) is 20.0 Å². The van der Waals surface area contributed by atoms with Crippen LogP contribution in [0.1, 0.15) is 38.1 Å². The van der Waals surface area contributed by atoms with Crippen molar-refractivity contribution in [2.45, 2.75) is 27.7 Å². The van der Waals surface area contributed by atoms with Crippen LogP contribution in [0.2, 0.25) is 0 Å². The van der Waals surface area contributed by atoms with Gasteiger partial charge in [-0.25, -0.2) is 43.9 Å². The number of carboxylic acids is 2. The van der Waals surface area contributed by atoms with Crippen molar-refractivity contribution in [2.24, 2.45) is 0 Å². The summed E-state index contributed by atoms with van der Waals surface area (Å²) < 4.78 is 148. The number of nitrogen functional groups attached to an aromatic ring is 2. The lowest BCUT2D eigenvalue weighted by molar-refractivity contribution is -0.387. The van der Waals surface area contributed by atoms with Gasteiger partial charge >= 0.3 is 23.0 Å². The molecule has 0 aliphatic heterocycles. The van der Waals surface area contributed by atoms with Crippen molar-refractivity contribution in [1.29, 1.82) is 0 Å². The summed E-state index contributed by atoms with van der Waals surface area (Å²) in [4.78, 5) is 78.5. The van der Waals surface area contributed by atoms with Gasteiger partial charge in [0, 0.05) is 63.6 Å². The molecule has 77 heavy (non-hydrogen) atoms. The fraction of sp³-hybridized carbons (Fsp3) is 0.146. The van der Waals surface area contributed by atoms with Gasteiger partial charge in [-0.05, 0) is 42.5 Å². The Morgan fingerprint density at radius 3 is 1.17 bits per heavy atom. The van der Waals surface area contributed by atoms with Gasteiger partial charge in [-0.1, -0.05) is 0 Å². The minimum Gasteiger partial charge on any atom is -0.481 e. The van der Waals surface area contributed by atoms with Gasteiger partial charge in [0.15, 0.2) is 11.6 Å². The Labute approximate surface area is 429 Å². The first-order valence-corrected chi connectivity index (χ1v) is 22.1. The van der Waals surface area contributed by atoms with E-state index in [4.69, 9.17) is 26.5 Å². The van der Waals surface area contributed by atoms with Gasteiger partial charge in [0.25, 0.3) is 5.97 Å². The highest BCUT2D eigenvalue weighted by molar-refractivity contribution is 8.13. The average Bonchev–Trinajstić information content (AvgIpc) is 3.28. The molecule has 0 unspecified atom stereocenters. The third-order valence-corrected chi connectivity index (χ3v) is 7.44. The number of halogens is 11. The molecule has 5 aromatic carbocycles. The van der Waals surface area contributed by atoms with E-state index in [0.29, 0.717) is 24.3 Å². The molecule has 10 N–H and O–H groups in total. The number of carbonyl (C=O) groups excluding carboxylic acids is 3. The molecule has 420 valence electrons. The molecule has 5 rings (SSSR count). The normalized spacial score (nSPS) is 9.73. The molecule has 24 nitrogen and oxygen atoms in total. The van der Waals surface area contributed by atoms with E-state index in [9.17, 15) is 102 Å². The number of nitro groups is 3. The lowest BCUT2D eigenvalue weighted by Crippen LogP contribution is -2.10. The summed E-state index contributed by atoms with van der Waals surface area (Å²) in [5, 5.41) is 54.8. The molecule has 0 saturated carbocycles. The first-order valence-electron chi connectivity index (χ1n) is 19.4. The van der Waals surface area contributed by atoms with E-state index in [-0.39, 0.29) is 11.4 Å². The Kier molecular flexibility index (Phi) is 29.0. The second-order valence-corrected chi connectivity index (χ2v) is 16.5. The predicted octanol–water partition coefficient (Wildman–Crippen LogP) is 8.60. The largest absolute Gasteiger partial charge is 0.481 e. The Bertz CT molecular complexity index is 3140. The highest BCUT2D eigenvalue weighted by atomic mass is 35.7. The van der Waals surface area contributed by atoms with Crippen LogP contribution in [-0.4, -0.2) is 76.4 Å². The lowest BCUT2D eigenvalue weighted by Gasteiger charge is -2.08. The van der Waals surface area contributed by atoms with Gasteiger partial charge in [0.2, 0.25) is 44.2 Å². The van der Waals surface area contributed by atoms with Gasteiger partial charge < -0.3 is 42.9 Å². The monoisotopic (exact) mass is 1150 g/mol. The van der Waals surface area contributed by atoms with Crippen LogP contribution < -0.4 is 32.7 Å². The van der Waals surface area contributed by atoms with Gasteiger partial charge in [0.05, 0.1) is 32.4 Å². The Morgan fingerprint density at radius 2 is 0.818 bits per heavy atom. The van der Waals surface area contributed by atoms with Crippen molar-refractivity contribution >= 4 is 101 Å². The smallest absolute Gasteiger partial charge is 0.341 e. The number of nitrogens with one attached hydrogen (secondary N) is 4. The molecule has 0 saturated heterocycles. The number of amides is 3. The molecule has 36 heteroatoms. The number of rotatable bonds is 8. The quantitative estimate of drug-likeness (QED) is 0.0237. The number of nitro benzene ring substituents is 3. The predicted molar refractivity (Wildman–Crippen MR) is 254 cm³/mol. The maximum atomic E-state index is 13.4. The molecule has 0 aliphatic carbocycles. The van der Waals surface area contributed by atoms with E-state index in [0.717, 1.165) is 57.4 Å². The van der Waals surface area contributed by atoms with Crippen LogP contribution in [0.3, 0.4) is 0 Å². The third kappa shape index (κ3) is 24.9. The number of carbonyl (C=O) groups is 5. The van der Waals surface area contributed by atoms with Crippen LogP contribution in [-0.2, 0) is 28.2 Å². The standard InChI is InChI=1S/C9H10F2N2O.C8H6F2N2O3.C8H8F2N2O.C7H3F2NO4.C6H4F2N2O2.C2H4O2.CH3ClO2S/c1-5(14)13-9-6(10)3-4-7(12-2)8(9)11;1-4(13)11-8-5(9)2-3-6(7(8)10)12(14)15;1-4(13)12-8-5(9)2-3-6(11)7(8)10;8-3-1-2-4(10(13)14)6(9)5(3)7(11)12;7-3-1-2-4(10(11)12)5(8)6(3)9;1-2(3)4;1-5(2,3)4/h3-4,12H,1-2H3,(H,13,14);2-3H,1H3,(H,11,13);2-3H,11H2,1H3,(H,12,13);1-2H,(H,11,12);1-2H,9H2;1H3,(H,3,4);1H3. The van der Waals surface area contributed by atoms with Crippen molar-refractivity contribution in [2.75, 3.05) is 46.0 Å². The second kappa shape index (κ2) is 32.0. The number of hydrogen-bond acceptors (Lipinski definition) is 16. The Morgan fingerprint density at radius 1 is 0.519 bits per heavy atom. The summed E-state index contributed by atoms with van der Waals surface area (Å²) in [6.07, 6.45) is 0.925. The van der Waals surface area contributed by atoms with E-state index < -0.39 is 157 Å². The number of hydrogen-bond donors (Lipinski definition) is 8. The SMILES string of the molecule is CC(=O)Nc1c(F)ccc(N)c1F.CC(=O)Nc1c(F)ccc([N+](=O)[O-])c1F.CC(=O)O.CNc1ccc(F)c(NC(C)=O)c1F.CS(=O)(=O)Cl.Nc1c(F)ccc([N+](=O)[O-])c1F.O=C(O)c1c(F)ccc([N+](=O)[O-])c1F. The molecule has 0 heterocycles. The Hall–Kier alpha value is -9.41. The molecule has 0 aliphatic rings. The van der Waals surface area contributed by atoms with Crippen LogP contribution in [0, 0.1) is 88.5 Å². The molecule has 0 radical (unpaired) electrons. The highest BCUT2D eigenvalue weighted by Gasteiger charge is 2.26. The van der Waals surface area contributed by atoms with E-state index >= 15 is 0 Å². The van der Waals surface area contributed by atoms with E-state index in [1.807, 2.05) is 10.6 Å². The summed E-state index contributed by atoms with van der Waals surface area (Å²) in [5.74, 6) is -15.7. The second-order valence-electron chi connectivity index (χ2n) is 13.5. The maximum absolute atomic E-state index is 13.4. The first-order chi connectivity index (χ1) is 35.2. The number of aliphatic carboxylic acids is 1. The minimum atomic E-state index is -3.19. The van der Waals surface area contributed by atoms with Crippen molar-refractivity contribution in [3.8, 4) is 0 Å². The number of nitrogens with zero attached hydrogens (tertiary/aromatic N) is 3. The topological polar surface area (TPSA) is 390 Å². The zero-order valence-electron chi connectivity index (χ0n) is 39.5. The van der Waals surface area contributed by atoms with Crippen molar-refractivity contribution in [3.63, 3.8) is 0 Å². The van der Waals surface area contributed by atoms with Crippen LogP contribution in [0.15, 0.2) is 60.7 Å². The summed E-state index contributed by atoms with van der Waals surface area (Å²) in [7, 11) is 2.82. The van der Waals surface area contributed by atoms with Crippen molar-refractivity contribution in [3.05, 3.63) is 155 Å². The van der Waals surface area contributed by atoms with Crippen LogP contribution in [0.5, 0.6) is 0 Å². The molecule has 3 amide bonds. The van der Waals surface area contributed by atoms with Gasteiger partial charge in [-0.3, -0.25) is 49.5 Å². The molecule has 5 aromatic rings. The first kappa shape index (κ1) is 69.7. The van der Waals surface area contributed by atoms with Crippen LogP contribution in [0.4, 0.5) is 95.1 Å². The average molecular weight is 1150 g/mol. The van der Waals surface area contributed by atoms with E-state index in [1.54, 1.807) is 0 Å². The molecule has 0 aromatic heterocycles. The fourth-order valence-electron chi connectivity index (χ4n) is 4.45. The number of anilines is 6. The maximum Gasteiger partial charge on any atom is 0.341 e.